The average Bonchev–Trinajstić information content (AvgIpc) is 2.40. The third kappa shape index (κ3) is 3.07. The Morgan fingerprint density at radius 3 is 2.78 bits per heavy atom. The fourth-order valence-corrected chi connectivity index (χ4v) is 2.40. The van der Waals surface area contributed by atoms with E-state index in [1.807, 2.05) is 18.2 Å². The lowest BCUT2D eigenvalue weighted by atomic mass is 9.99. The standard InChI is InChI=1S/C14H22N2O2/c1-16(10-11-5-7-18-8-6-11)14-9-12(17-2)3-4-13(14)15/h3-4,9,11H,5-8,10,15H2,1-2H3. The van der Waals surface area contributed by atoms with Crippen molar-refractivity contribution in [1.82, 2.24) is 0 Å². The smallest absolute Gasteiger partial charge is 0.121 e. The van der Waals surface area contributed by atoms with Crippen LogP contribution >= 0.6 is 0 Å². The minimum Gasteiger partial charge on any atom is -0.497 e. The number of rotatable bonds is 4. The Bertz CT molecular complexity index is 389. The highest BCUT2D eigenvalue weighted by atomic mass is 16.5. The molecule has 1 saturated heterocycles. The van der Waals surface area contributed by atoms with Gasteiger partial charge in [0.05, 0.1) is 18.5 Å². The maximum absolute atomic E-state index is 6.03. The van der Waals surface area contributed by atoms with Crippen molar-refractivity contribution in [3.05, 3.63) is 18.2 Å². The number of nitrogens with zero attached hydrogens (tertiary/aromatic N) is 1. The Morgan fingerprint density at radius 2 is 2.11 bits per heavy atom. The lowest BCUT2D eigenvalue weighted by Gasteiger charge is -2.29. The van der Waals surface area contributed by atoms with Gasteiger partial charge in [-0.3, -0.25) is 0 Å². The molecule has 0 bridgehead atoms. The lowest BCUT2D eigenvalue weighted by molar-refractivity contribution is 0.0685. The van der Waals surface area contributed by atoms with Gasteiger partial charge < -0.3 is 20.1 Å². The van der Waals surface area contributed by atoms with Crippen LogP contribution in [0.2, 0.25) is 0 Å². The fourth-order valence-electron chi connectivity index (χ4n) is 2.40. The summed E-state index contributed by atoms with van der Waals surface area (Å²) in [4.78, 5) is 2.22. The maximum Gasteiger partial charge on any atom is 0.121 e. The SMILES string of the molecule is COc1ccc(N)c(N(C)CC2CCOCC2)c1. The topological polar surface area (TPSA) is 47.7 Å². The van der Waals surface area contributed by atoms with Crippen LogP contribution in [-0.2, 0) is 4.74 Å². The van der Waals surface area contributed by atoms with Gasteiger partial charge >= 0.3 is 0 Å². The summed E-state index contributed by atoms with van der Waals surface area (Å²) in [5.41, 5.74) is 7.87. The van der Waals surface area contributed by atoms with Crippen molar-refractivity contribution in [2.24, 2.45) is 5.92 Å². The summed E-state index contributed by atoms with van der Waals surface area (Å²) in [6.45, 7) is 2.78. The molecule has 0 saturated carbocycles. The average molecular weight is 250 g/mol. The summed E-state index contributed by atoms with van der Waals surface area (Å²) < 4.78 is 10.6. The minimum atomic E-state index is 0.689. The Hall–Kier alpha value is -1.42. The highest BCUT2D eigenvalue weighted by Gasteiger charge is 2.17. The van der Waals surface area contributed by atoms with Gasteiger partial charge in [-0.25, -0.2) is 0 Å². The van der Waals surface area contributed by atoms with Crippen molar-refractivity contribution < 1.29 is 9.47 Å². The molecule has 1 aliphatic rings. The first-order chi connectivity index (χ1) is 8.70. The Balaban J connectivity index is 2.04. The van der Waals surface area contributed by atoms with Crippen molar-refractivity contribution in [2.75, 3.05) is 44.5 Å². The molecule has 1 heterocycles. The normalized spacial score (nSPS) is 16.6. The summed E-state index contributed by atoms with van der Waals surface area (Å²) in [5.74, 6) is 1.53. The third-order valence-corrected chi connectivity index (χ3v) is 3.52. The molecule has 2 rings (SSSR count). The Labute approximate surface area is 109 Å². The van der Waals surface area contributed by atoms with E-state index in [1.165, 1.54) is 0 Å². The Morgan fingerprint density at radius 1 is 1.39 bits per heavy atom. The van der Waals surface area contributed by atoms with Crippen LogP contribution in [0, 0.1) is 5.92 Å². The van der Waals surface area contributed by atoms with Crippen molar-refractivity contribution in [2.45, 2.75) is 12.8 Å². The first kappa shape index (κ1) is 13.0. The molecule has 100 valence electrons. The van der Waals surface area contributed by atoms with Crippen LogP contribution in [-0.4, -0.2) is 33.9 Å². The molecule has 1 aromatic rings. The minimum absolute atomic E-state index is 0.689. The summed E-state index contributed by atoms with van der Waals surface area (Å²) in [7, 11) is 3.76. The zero-order valence-corrected chi connectivity index (χ0v) is 11.2. The van der Waals surface area contributed by atoms with Crippen molar-refractivity contribution in [3.63, 3.8) is 0 Å². The molecule has 1 fully saturated rings. The van der Waals surface area contributed by atoms with Crippen LogP contribution in [0.4, 0.5) is 11.4 Å². The van der Waals surface area contributed by atoms with E-state index in [0.717, 1.165) is 49.7 Å². The number of benzene rings is 1. The van der Waals surface area contributed by atoms with Gasteiger partial charge in [-0.15, -0.1) is 0 Å². The van der Waals surface area contributed by atoms with Crippen molar-refractivity contribution in [3.8, 4) is 5.75 Å². The first-order valence-corrected chi connectivity index (χ1v) is 6.43. The number of hydrogen-bond donors (Lipinski definition) is 1. The number of anilines is 2. The molecule has 0 aromatic heterocycles. The predicted molar refractivity (Wildman–Crippen MR) is 74.2 cm³/mol. The van der Waals surface area contributed by atoms with Gasteiger partial charge in [0.2, 0.25) is 0 Å². The summed E-state index contributed by atoms with van der Waals surface area (Å²) >= 11 is 0. The molecule has 4 nitrogen and oxygen atoms in total. The molecule has 4 heteroatoms. The van der Waals surface area contributed by atoms with Crippen LogP contribution in [0.1, 0.15) is 12.8 Å². The molecule has 0 aliphatic carbocycles. The van der Waals surface area contributed by atoms with Crippen LogP contribution < -0.4 is 15.4 Å². The maximum atomic E-state index is 6.03. The van der Waals surface area contributed by atoms with E-state index in [-0.39, 0.29) is 0 Å². The third-order valence-electron chi connectivity index (χ3n) is 3.52. The molecule has 0 radical (unpaired) electrons. The van der Waals surface area contributed by atoms with Gasteiger partial charge in [0, 0.05) is 32.9 Å². The monoisotopic (exact) mass is 250 g/mol. The van der Waals surface area contributed by atoms with Crippen LogP contribution in [0.5, 0.6) is 5.75 Å². The summed E-state index contributed by atoms with van der Waals surface area (Å²) in [6.07, 6.45) is 2.27. The highest BCUT2D eigenvalue weighted by molar-refractivity contribution is 5.69. The highest BCUT2D eigenvalue weighted by Crippen LogP contribution is 2.29. The number of nitrogen functional groups attached to an aromatic ring is 1. The van der Waals surface area contributed by atoms with Gasteiger partial charge in [-0.2, -0.15) is 0 Å². The summed E-state index contributed by atoms with van der Waals surface area (Å²) in [5, 5.41) is 0. The number of methoxy groups -OCH3 is 1. The molecule has 1 aromatic carbocycles. The molecule has 0 atom stereocenters. The number of hydrogen-bond acceptors (Lipinski definition) is 4. The molecule has 0 amide bonds. The van der Waals surface area contributed by atoms with E-state index in [1.54, 1.807) is 7.11 Å². The Kier molecular flexibility index (Phi) is 4.31. The van der Waals surface area contributed by atoms with E-state index in [9.17, 15) is 0 Å². The number of ether oxygens (including phenoxy) is 2. The van der Waals surface area contributed by atoms with Gasteiger partial charge in [0.15, 0.2) is 0 Å². The van der Waals surface area contributed by atoms with E-state index in [4.69, 9.17) is 15.2 Å². The predicted octanol–water partition coefficient (Wildman–Crippen LogP) is 2.14. The van der Waals surface area contributed by atoms with Crippen LogP contribution in [0.25, 0.3) is 0 Å². The van der Waals surface area contributed by atoms with Crippen molar-refractivity contribution in [1.29, 1.82) is 0 Å². The lowest BCUT2D eigenvalue weighted by Crippen LogP contribution is -2.30. The molecule has 0 spiro atoms. The van der Waals surface area contributed by atoms with E-state index in [0.29, 0.717) is 5.92 Å². The zero-order valence-electron chi connectivity index (χ0n) is 11.2. The quantitative estimate of drug-likeness (QED) is 0.832. The molecular formula is C14H22N2O2. The first-order valence-electron chi connectivity index (χ1n) is 6.43. The van der Waals surface area contributed by atoms with Gasteiger partial charge in [0.1, 0.15) is 5.75 Å². The second-order valence-corrected chi connectivity index (χ2v) is 4.86. The van der Waals surface area contributed by atoms with Gasteiger partial charge in [-0.05, 0) is 30.9 Å². The second-order valence-electron chi connectivity index (χ2n) is 4.86. The fraction of sp³-hybridized carbons (Fsp3) is 0.571. The van der Waals surface area contributed by atoms with E-state index in [2.05, 4.69) is 11.9 Å². The number of nitrogens with two attached hydrogens (primary N) is 1. The largest absolute Gasteiger partial charge is 0.497 e. The second kappa shape index (κ2) is 5.96. The van der Waals surface area contributed by atoms with E-state index < -0.39 is 0 Å². The molecule has 18 heavy (non-hydrogen) atoms. The van der Waals surface area contributed by atoms with Crippen molar-refractivity contribution >= 4 is 11.4 Å². The summed E-state index contributed by atoms with van der Waals surface area (Å²) in [6, 6.07) is 5.78. The molecule has 2 N–H and O–H groups in total. The van der Waals surface area contributed by atoms with Crippen LogP contribution in [0.15, 0.2) is 18.2 Å². The van der Waals surface area contributed by atoms with Crippen LogP contribution in [0.3, 0.4) is 0 Å². The molecular weight excluding hydrogens is 228 g/mol. The molecule has 0 unspecified atom stereocenters. The zero-order chi connectivity index (χ0) is 13.0. The van der Waals surface area contributed by atoms with E-state index >= 15 is 0 Å². The van der Waals surface area contributed by atoms with Gasteiger partial charge in [-0.1, -0.05) is 0 Å². The molecule has 1 aliphatic heterocycles. The van der Waals surface area contributed by atoms with Gasteiger partial charge in [0.25, 0.3) is 0 Å².